The summed E-state index contributed by atoms with van der Waals surface area (Å²) in [4.78, 5) is 30.5. The third kappa shape index (κ3) is 5.20. The number of nitrogens with zero attached hydrogens (tertiary/aromatic N) is 5. The molecule has 0 aliphatic carbocycles. The van der Waals surface area contributed by atoms with Crippen LogP contribution in [0, 0.1) is 0 Å². The summed E-state index contributed by atoms with van der Waals surface area (Å²) >= 11 is 0. The van der Waals surface area contributed by atoms with Crippen LogP contribution in [0.1, 0.15) is 34.9 Å². The van der Waals surface area contributed by atoms with E-state index >= 15 is 0 Å². The fraction of sp³-hybridized carbons (Fsp3) is 0.333. The fourth-order valence-corrected chi connectivity index (χ4v) is 3.78. The van der Waals surface area contributed by atoms with Gasteiger partial charge in [0.2, 0.25) is 0 Å². The molecule has 1 fully saturated rings. The first-order chi connectivity index (χ1) is 15.6. The second-order valence-electron chi connectivity index (χ2n) is 7.97. The standard InChI is InChI=1S/C24H28N6O2/c1-29(2)15-16-32-21-10-4-3-7-18(21)24(31)30-14-6-9-20(30)19-8-5-11-22(27-19)28-23-17-25-12-13-26-23/h3-5,7-8,10-13,17,20H,6,9,14-16H2,1-2H3,(H,26,27,28)/t20-/m0/s1. The van der Waals surface area contributed by atoms with E-state index in [0.717, 1.165) is 25.1 Å². The van der Waals surface area contributed by atoms with Gasteiger partial charge < -0.3 is 19.9 Å². The molecule has 1 aliphatic rings. The molecule has 1 aromatic carbocycles. The second-order valence-corrected chi connectivity index (χ2v) is 7.97. The number of amides is 1. The number of pyridine rings is 1. The van der Waals surface area contributed by atoms with Crippen molar-refractivity contribution in [3.05, 3.63) is 72.3 Å². The lowest BCUT2D eigenvalue weighted by molar-refractivity contribution is 0.0728. The highest BCUT2D eigenvalue weighted by molar-refractivity contribution is 5.97. The van der Waals surface area contributed by atoms with Crippen LogP contribution in [0.3, 0.4) is 0 Å². The van der Waals surface area contributed by atoms with Crippen molar-refractivity contribution in [2.45, 2.75) is 18.9 Å². The molecular formula is C24H28N6O2. The summed E-state index contributed by atoms with van der Waals surface area (Å²) in [6.07, 6.45) is 6.70. The molecule has 3 aromatic rings. The topological polar surface area (TPSA) is 83.5 Å². The molecule has 1 aliphatic heterocycles. The highest BCUT2D eigenvalue weighted by Crippen LogP contribution is 2.34. The SMILES string of the molecule is CN(C)CCOc1ccccc1C(=O)N1CCC[C@H]1c1cccc(Nc2cnccn2)n1. The molecule has 1 saturated heterocycles. The number of likely N-dealkylation sites (tertiary alicyclic amines) is 1. The Kier molecular flexibility index (Phi) is 6.91. The molecule has 1 atom stereocenters. The van der Waals surface area contributed by atoms with Crippen LogP contribution < -0.4 is 10.1 Å². The van der Waals surface area contributed by atoms with Crippen molar-refractivity contribution in [3.8, 4) is 5.75 Å². The predicted molar refractivity (Wildman–Crippen MR) is 123 cm³/mol. The highest BCUT2D eigenvalue weighted by atomic mass is 16.5. The minimum Gasteiger partial charge on any atom is -0.491 e. The van der Waals surface area contributed by atoms with Crippen molar-refractivity contribution < 1.29 is 9.53 Å². The lowest BCUT2D eigenvalue weighted by Gasteiger charge is -2.25. The van der Waals surface area contributed by atoms with Gasteiger partial charge in [-0.25, -0.2) is 9.97 Å². The maximum absolute atomic E-state index is 13.5. The molecule has 8 nitrogen and oxygen atoms in total. The largest absolute Gasteiger partial charge is 0.491 e. The number of aromatic nitrogens is 3. The van der Waals surface area contributed by atoms with Gasteiger partial charge in [-0.3, -0.25) is 9.78 Å². The number of carbonyl (C=O) groups excluding carboxylic acids is 1. The van der Waals surface area contributed by atoms with Crippen LogP contribution in [0.25, 0.3) is 0 Å². The van der Waals surface area contributed by atoms with E-state index in [1.807, 2.05) is 61.5 Å². The molecule has 0 radical (unpaired) electrons. The van der Waals surface area contributed by atoms with Gasteiger partial charge >= 0.3 is 0 Å². The van der Waals surface area contributed by atoms with E-state index in [9.17, 15) is 4.79 Å². The Bertz CT molecular complexity index is 1040. The number of rotatable bonds is 8. The Morgan fingerprint density at radius 3 is 2.84 bits per heavy atom. The number of anilines is 2. The molecule has 0 bridgehead atoms. The molecular weight excluding hydrogens is 404 g/mol. The van der Waals surface area contributed by atoms with E-state index in [-0.39, 0.29) is 11.9 Å². The lowest BCUT2D eigenvalue weighted by Crippen LogP contribution is -2.31. The zero-order chi connectivity index (χ0) is 22.3. The maximum Gasteiger partial charge on any atom is 0.258 e. The van der Waals surface area contributed by atoms with Gasteiger partial charge in [-0.2, -0.15) is 0 Å². The van der Waals surface area contributed by atoms with Crippen LogP contribution in [-0.4, -0.2) is 64.5 Å². The van der Waals surface area contributed by atoms with Crippen molar-refractivity contribution in [2.75, 3.05) is 39.1 Å². The van der Waals surface area contributed by atoms with Gasteiger partial charge in [-0.1, -0.05) is 18.2 Å². The van der Waals surface area contributed by atoms with Crippen LogP contribution >= 0.6 is 0 Å². The summed E-state index contributed by atoms with van der Waals surface area (Å²) in [5.41, 5.74) is 1.45. The Balaban J connectivity index is 1.52. The Morgan fingerprint density at radius 1 is 1.16 bits per heavy atom. The quantitative estimate of drug-likeness (QED) is 0.583. The zero-order valence-electron chi connectivity index (χ0n) is 18.4. The van der Waals surface area contributed by atoms with Crippen LogP contribution in [-0.2, 0) is 0 Å². The normalized spacial score (nSPS) is 15.7. The van der Waals surface area contributed by atoms with E-state index < -0.39 is 0 Å². The minimum atomic E-state index is -0.0825. The second kappa shape index (κ2) is 10.2. The first kappa shape index (κ1) is 21.7. The molecule has 166 valence electrons. The number of likely N-dealkylation sites (N-methyl/N-ethyl adjacent to an activating group) is 1. The Hall–Kier alpha value is -3.52. The molecule has 1 N–H and O–H groups in total. The van der Waals surface area contributed by atoms with E-state index in [1.165, 1.54) is 0 Å². The summed E-state index contributed by atoms with van der Waals surface area (Å²) in [5.74, 6) is 1.90. The number of hydrogen-bond donors (Lipinski definition) is 1. The number of nitrogens with one attached hydrogen (secondary N) is 1. The minimum absolute atomic E-state index is 0.0259. The number of ether oxygens (including phenoxy) is 1. The number of carbonyl (C=O) groups is 1. The Morgan fingerprint density at radius 2 is 2.03 bits per heavy atom. The van der Waals surface area contributed by atoms with Crippen LogP contribution in [0.2, 0.25) is 0 Å². The van der Waals surface area contributed by atoms with Gasteiger partial charge in [0.05, 0.1) is 23.5 Å². The molecule has 3 heterocycles. The average Bonchev–Trinajstić information content (AvgIpc) is 3.30. The van der Waals surface area contributed by atoms with Gasteiger partial charge in [0.1, 0.15) is 24.0 Å². The summed E-state index contributed by atoms with van der Waals surface area (Å²) in [6, 6.07) is 13.2. The van der Waals surface area contributed by atoms with Crippen molar-refractivity contribution >= 4 is 17.5 Å². The van der Waals surface area contributed by atoms with E-state index in [0.29, 0.717) is 36.1 Å². The Labute approximate surface area is 188 Å². The van der Waals surface area contributed by atoms with Gasteiger partial charge in [0.15, 0.2) is 0 Å². The average molecular weight is 433 g/mol. The predicted octanol–water partition coefficient (Wildman–Crippen LogP) is 3.53. The molecule has 32 heavy (non-hydrogen) atoms. The van der Waals surface area contributed by atoms with Gasteiger partial charge in [-0.15, -0.1) is 0 Å². The van der Waals surface area contributed by atoms with Crippen LogP contribution in [0.15, 0.2) is 61.1 Å². The summed E-state index contributed by atoms with van der Waals surface area (Å²) in [6.45, 7) is 2.00. The van der Waals surface area contributed by atoms with Crippen molar-refractivity contribution in [1.82, 2.24) is 24.8 Å². The number of para-hydroxylation sites is 1. The van der Waals surface area contributed by atoms with Crippen LogP contribution in [0.4, 0.5) is 11.6 Å². The van der Waals surface area contributed by atoms with Crippen molar-refractivity contribution in [1.29, 1.82) is 0 Å². The summed E-state index contributed by atoms with van der Waals surface area (Å²) < 4.78 is 5.93. The highest BCUT2D eigenvalue weighted by Gasteiger charge is 2.32. The summed E-state index contributed by atoms with van der Waals surface area (Å²) in [5, 5.41) is 3.17. The third-order valence-electron chi connectivity index (χ3n) is 5.36. The number of benzene rings is 1. The monoisotopic (exact) mass is 432 g/mol. The molecule has 8 heteroatoms. The first-order valence-electron chi connectivity index (χ1n) is 10.8. The molecule has 1 amide bonds. The third-order valence-corrected chi connectivity index (χ3v) is 5.36. The maximum atomic E-state index is 13.5. The van der Waals surface area contributed by atoms with Crippen molar-refractivity contribution in [2.24, 2.45) is 0 Å². The van der Waals surface area contributed by atoms with E-state index in [2.05, 4.69) is 20.2 Å². The molecule has 0 unspecified atom stereocenters. The van der Waals surface area contributed by atoms with Gasteiger partial charge in [-0.05, 0) is 51.2 Å². The first-order valence-corrected chi connectivity index (χ1v) is 10.8. The number of hydrogen-bond acceptors (Lipinski definition) is 7. The lowest BCUT2D eigenvalue weighted by atomic mass is 10.1. The summed E-state index contributed by atoms with van der Waals surface area (Å²) in [7, 11) is 3.99. The zero-order valence-corrected chi connectivity index (χ0v) is 18.4. The van der Waals surface area contributed by atoms with Gasteiger partial charge in [0.25, 0.3) is 5.91 Å². The van der Waals surface area contributed by atoms with E-state index in [1.54, 1.807) is 18.6 Å². The van der Waals surface area contributed by atoms with Crippen molar-refractivity contribution in [3.63, 3.8) is 0 Å². The van der Waals surface area contributed by atoms with Crippen LogP contribution in [0.5, 0.6) is 5.75 Å². The molecule has 0 spiro atoms. The molecule has 2 aromatic heterocycles. The van der Waals surface area contributed by atoms with E-state index in [4.69, 9.17) is 9.72 Å². The van der Waals surface area contributed by atoms with Gasteiger partial charge in [0, 0.05) is 25.5 Å². The molecule has 4 rings (SSSR count). The smallest absolute Gasteiger partial charge is 0.258 e. The fourth-order valence-electron chi connectivity index (χ4n) is 3.78. The molecule has 0 saturated carbocycles.